The predicted octanol–water partition coefficient (Wildman–Crippen LogP) is 2.22. The monoisotopic (exact) mass is 220 g/mol. The van der Waals surface area contributed by atoms with E-state index in [9.17, 15) is 4.79 Å². The van der Waals surface area contributed by atoms with Crippen molar-refractivity contribution in [1.82, 2.24) is 10.1 Å². The van der Waals surface area contributed by atoms with E-state index in [1.165, 1.54) is 0 Å². The van der Waals surface area contributed by atoms with Crippen molar-refractivity contribution in [2.45, 2.75) is 32.7 Å². The highest BCUT2D eigenvalue weighted by Crippen LogP contribution is 2.32. The van der Waals surface area contributed by atoms with Gasteiger partial charge in [0.25, 0.3) is 0 Å². The summed E-state index contributed by atoms with van der Waals surface area (Å²) in [5.41, 5.74) is 0.861. The van der Waals surface area contributed by atoms with Crippen LogP contribution in [0.4, 0.5) is 0 Å². The van der Waals surface area contributed by atoms with E-state index in [1.807, 2.05) is 24.8 Å². The highest BCUT2D eigenvalue weighted by atomic mass is 16.5. The van der Waals surface area contributed by atoms with Crippen molar-refractivity contribution in [2.75, 3.05) is 6.54 Å². The van der Waals surface area contributed by atoms with Crippen molar-refractivity contribution < 1.29 is 9.32 Å². The summed E-state index contributed by atoms with van der Waals surface area (Å²) in [6.45, 7) is 4.54. The molecule has 1 atom stereocenters. The van der Waals surface area contributed by atoms with Crippen LogP contribution in [0, 0.1) is 6.92 Å². The standard InChI is InChI=1S/C12H16N2O2/c1-3-5-12(15)14-7-4-6-10(14)11-8-9(2)13-16-11/h3,5,8,10H,4,6-7H2,1-2H3. The molecule has 0 spiro atoms. The molecule has 1 saturated heterocycles. The summed E-state index contributed by atoms with van der Waals surface area (Å²) in [6, 6.07) is 1.97. The molecule has 1 amide bonds. The first-order chi connectivity index (χ1) is 7.72. The molecule has 0 bridgehead atoms. The first-order valence-electron chi connectivity index (χ1n) is 5.59. The van der Waals surface area contributed by atoms with Gasteiger partial charge in [-0.1, -0.05) is 11.2 Å². The Hall–Kier alpha value is -1.58. The largest absolute Gasteiger partial charge is 0.359 e. The van der Waals surface area contributed by atoms with E-state index in [2.05, 4.69) is 5.16 Å². The highest BCUT2D eigenvalue weighted by Gasteiger charge is 2.31. The fourth-order valence-corrected chi connectivity index (χ4v) is 2.10. The number of carbonyl (C=O) groups excluding carboxylic acids is 1. The van der Waals surface area contributed by atoms with Gasteiger partial charge in [0.1, 0.15) is 0 Å². The number of aromatic nitrogens is 1. The number of rotatable bonds is 2. The number of amides is 1. The van der Waals surface area contributed by atoms with Gasteiger partial charge in [0.15, 0.2) is 5.76 Å². The maximum Gasteiger partial charge on any atom is 0.246 e. The molecule has 1 aliphatic heterocycles. The lowest BCUT2D eigenvalue weighted by Gasteiger charge is -2.20. The van der Waals surface area contributed by atoms with E-state index in [0.717, 1.165) is 30.8 Å². The predicted molar refractivity (Wildman–Crippen MR) is 59.7 cm³/mol. The van der Waals surface area contributed by atoms with Gasteiger partial charge < -0.3 is 9.42 Å². The number of aryl methyl sites for hydroxylation is 1. The molecular formula is C12H16N2O2. The molecule has 0 N–H and O–H groups in total. The Morgan fingerprint density at radius 3 is 3.12 bits per heavy atom. The van der Waals surface area contributed by atoms with Crippen molar-refractivity contribution in [3.63, 3.8) is 0 Å². The van der Waals surface area contributed by atoms with Crippen molar-refractivity contribution in [3.8, 4) is 0 Å². The van der Waals surface area contributed by atoms with Gasteiger partial charge in [-0.05, 0) is 32.8 Å². The van der Waals surface area contributed by atoms with Gasteiger partial charge in [0, 0.05) is 12.6 Å². The van der Waals surface area contributed by atoms with Crippen LogP contribution in [0.25, 0.3) is 0 Å². The third-order valence-electron chi connectivity index (χ3n) is 2.82. The third-order valence-corrected chi connectivity index (χ3v) is 2.82. The number of likely N-dealkylation sites (tertiary alicyclic amines) is 1. The first kappa shape index (κ1) is 10.9. The number of nitrogens with zero attached hydrogens (tertiary/aromatic N) is 2. The quantitative estimate of drug-likeness (QED) is 0.718. The number of allylic oxidation sites excluding steroid dienone is 1. The summed E-state index contributed by atoms with van der Waals surface area (Å²) >= 11 is 0. The minimum absolute atomic E-state index is 0.0547. The third kappa shape index (κ3) is 2.01. The van der Waals surface area contributed by atoms with Gasteiger partial charge in [0.2, 0.25) is 5.91 Å². The van der Waals surface area contributed by atoms with E-state index in [4.69, 9.17) is 4.52 Å². The lowest BCUT2D eigenvalue weighted by Crippen LogP contribution is -2.28. The molecule has 0 aliphatic carbocycles. The van der Waals surface area contributed by atoms with Crippen LogP contribution < -0.4 is 0 Å². The summed E-state index contributed by atoms with van der Waals surface area (Å²) in [7, 11) is 0. The second-order valence-electron chi connectivity index (χ2n) is 4.06. The molecule has 0 saturated carbocycles. The zero-order valence-electron chi connectivity index (χ0n) is 9.64. The van der Waals surface area contributed by atoms with E-state index in [-0.39, 0.29) is 11.9 Å². The van der Waals surface area contributed by atoms with Crippen LogP contribution in [0.3, 0.4) is 0 Å². The Morgan fingerprint density at radius 2 is 2.50 bits per heavy atom. The van der Waals surface area contributed by atoms with Crippen LogP contribution >= 0.6 is 0 Å². The molecule has 1 aromatic rings. The van der Waals surface area contributed by atoms with E-state index in [1.54, 1.807) is 12.2 Å². The first-order valence-corrected chi connectivity index (χ1v) is 5.59. The maximum absolute atomic E-state index is 11.8. The Labute approximate surface area is 94.9 Å². The minimum atomic E-state index is 0.0547. The van der Waals surface area contributed by atoms with Gasteiger partial charge in [-0.3, -0.25) is 4.79 Å². The average Bonchev–Trinajstić information content (AvgIpc) is 2.85. The van der Waals surface area contributed by atoms with Crippen LogP contribution in [0.1, 0.15) is 37.3 Å². The van der Waals surface area contributed by atoms with E-state index in [0.29, 0.717) is 0 Å². The van der Waals surface area contributed by atoms with Crippen molar-refractivity contribution in [1.29, 1.82) is 0 Å². The summed E-state index contributed by atoms with van der Waals surface area (Å²) in [5, 5.41) is 3.87. The van der Waals surface area contributed by atoms with Crippen LogP contribution in [0.5, 0.6) is 0 Å². The summed E-state index contributed by atoms with van der Waals surface area (Å²) in [6.07, 6.45) is 5.34. The van der Waals surface area contributed by atoms with Gasteiger partial charge in [-0.25, -0.2) is 0 Å². The molecule has 2 rings (SSSR count). The van der Waals surface area contributed by atoms with Crippen LogP contribution in [0.2, 0.25) is 0 Å². The Balaban J connectivity index is 2.18. The summed E-state index contributed by atoms with van der Waals surface area (Å²) in [5.74, 6) is 0.854. The summed E-state index contributed by atoms with van der Waals surface area (Å²) in [4.78, 5) is 13.7. The second-order valence-corrected chi connectivity index (χ2v) is 4.06. The van der Waals surface area contributed by atoms with Crippen molar-refractivity contribution in [3.05, 3.63) is 29.7 Å². The fraction of sp³-hybridized carbons (Fsp3) is 0.500. The molecule has 4 heteroatoms. The number of hydrogen-bond donors (Lipinski definition) is 0. The van der Waals surface area contributed by atoms with Crippen LogP contribution in [0.15, 0.2) is 22.7 Å². The molecule has 1 aliphatic rings. The zero-order valence-corrected chi connectivity index (χ0v) is 9.64. The topological polar surface area (TPSA) is 46.3 Å². The second kappa shape index (κ2) is 4.51. The van der Waals surface area contributed by atoms with Crippen LogP contribution in [-0.4, -0.2) is 22.5 Å². The smallest absolute Gasteiger partial charge is 0.246 e. The molecule has 2 heterocycles. The number of carbonyl (C=O) groups is 1. The molecule has 86 valence electrons. The SMILES string of the molecule is CC=CC(=O)N1CCCC1c1cc(C)no1. The van der Waals surface area contributed by atoms with Gasteiger partial charge in [-0.15, -0.1) is 0 Å². The molecular weight excluding hydrogens is 204 g/mol. The Morgan fingerprint density at radius 1 is 1.69 bits per heavy atom. The van der Waals surface area contributed by atoms with Gasteiger partial charge in [-0.2, -0.15) is 0 Å². The summed E-state index contributed by atoms with van der Waals surface area (Å²) < 4.78 is 5.24. The fourth-order valence-electron chi connectivity index (χ4n) is 2.10. The van der Waals surface area contributed by atoms with Crippen molar-refractivity contribution >= 4 is 5.91 Å². The highest BCUT2D eigenvalue weighted by molar-refractivity contribution is 5.88. The molecule has 0 radical (unpaired) electrons. The van der Waals surface area contributed by atoms with Gasteiger partial charge >= 0.3 is 0 Å². The number of hydrogen-bond acceptors (Lipinski definition) is 3. The Bertz CT molecular complexity index is 409. The van der Waals surface area contributed by atoms with Crippen LogP contribution in [-0.2, 0) is 4.79 Å². The lowest BCUT2D eigenvalue weighted by molar-refractivity contribution is -0.127. The zero-order chi connectivity index (χ0) is 11.5. The van der Waals surface area contributed by atoms with E-state index >= 15 is 0 Å². The molecule has 0 aromatic carbocycles. The maximum atomic E-state index is 11.8. The molecule has 1 fully saturated rings. The normalized spacial score (nSPS) is 20.9. The minimum Gasteiger partial charge on any atom is -0.359 e. The Kier molecular flexibility index (Phi) is 3.08. The molecule has 1 aromatic heterocycles. The lowest BCUT2D eigenvalue weighted by atomic mass is 10.1. The van der Waals surface area contributed by atoms with E-state index < -0.39 is 0 Å². The van der Waals surface area contributed by atoms with Crippen molar-refractivity contribution in [2.24, 2.45) is 0 Å². The molecule has 16 heavy (non-hydrogen) atoms. The molecule has 4 nitrogen and oxygen atoms in total. The van der Waals surface area contributed by atoms with Gasteiger partial charge in [0.05, 0.1) is 11.7 Å². The average molecular weight is 220 g/mol. The molecule has 1 unspecified atom stereocenters.